The van der Waals surface area contributed by atoms with Crippen molar-refractivity contribution < 1.29 is 13.2 Å². The molecule has 0 spiro atoms. The highest BCUT2D eigenvalue weighted by molar-refractivity contribution is 7.92. The lowest BCUT2D eigenvalue weighted by molar-refractivity contribution is 0.102. The van der Waals surface area contributed by atoms with E-state index in [2.05, 4.69) is 10.0 Å². The number of anilines is 2. The topological polar surface area (TPSA) is 75.3 Å². The highest BCUT2D eigenvalue weighted by atomic mass is 35.5. The lowest BCUT2D eigenvalue weighted by atomic mass is 10.2. The molecule has 0 aliphatic rings. The van der Waals surface area contributed by atoms with E-state index in [0.29, 0.717) is 21.4 Å². The molecule has 0 bridgehead atoms. The largest absolute Gasteiger partial charge is 0.321 e. The monoisotopic (exact) mass is 434 g/mol. The predicted octanol–water partition coefficient (Wildman–Crippen LogP) is 5.35. The van der Waals surface area contributed by atoms with Crippen molar-refractivity contribution in [2.45, 2.75) is 11.8 Å². The van der Waals surface area contributed by atoms with Crippen LogP contribution in [0.25, 0.3) is 0 Å². The van der Waals surface area contributed by atoms with Crippen molar-refractivity contribution in [1.82, 2.24) is 0 Å². The standard InChI is InChI=1S/C20H16Cl2N2O3S/c1-13-5-10-18(22)19(11-13)23-20(25)14-3-2-4-17(12-14)28(26,27)24-16-8-6-15(21)7-9-16/h2-12,24H,1H3,(H,23,25). The quantitative estimate of drug-likeness (QED) is 0.567. The van der Waals surface area contributed by atoms with Gasteiger partial charge in [-0.1, -0.05) is 35.3 Å². The molecule has 0 saturated heterocycles. The Balaban J connectivity index is 1.83. The first-order chi connectivity index (χ1) is 13.2. The van der Waals surface area contributed by atoms with Crippen molar-refractivity contribution in [2.75, 3.05) is 10.0 Å². The maximum Gasteiger partial charge on any atom is 0.261 e. The lowest BCUT2D eigenvalue weighted by Crippen LogP contribution is -2.16. The Morgan fingerprint density at radius 1 is 0.929 bits per heavy atom. The van der Waals surface area contributed by atoms with Crippen LogP contribution in [0.1, 0.15) is 15.9 Å². The highest BCUT2D eigenvalue weighted by Gasteiger charge is 2.17. The van der Waals surface area contributed by atoms with Crippen LogP contribution in [0.3, 0.4) is 0 Å². The van der Waals surface area contributed by atoms with Crippen LogP contribution in [0.15, 0.2) is 71.6 Å². The van der Waals surface area contributed by atoms with Crippen molar-refractivity contribution >= 4 is 50.5 Å². The first kappa shape index (κ1) is 20.2. The third-order valence-electron chi connectivity index (χ3n) is 3.87. The van der Waals surface area contributed by atoms with E-state index in [1.165, 1.54) is 24.3 Å². The van der Waals surface area contributed by atoms with Crippen LogP contribution in [-0.2, 0) is 10.0 Å². The Morgan fingerprint density at radius 3 is 2.36 bits per heavy atom. The number of hydrogen-bond donors (Lipinski definition) is 2. The Hall–Kier alpha value is -2.54. The van der Waals surface area contributed by atoms with Gasteiger partial charge in [0.15, 0.2) is 0 Å². The Labute approximate surface area is 173 Å². The molecule has 0 atom stereocenters. The number of nitrogens with one attached hydrogen (secondary N) is 2. The van der Waals surface area contributed by atoms with Crippen molar-refractivity contribution in [1.29, 1.82) is 0 Å². The third-order valence-corrected chi connectivity index (χ3v) is 5.83. The zero-order valence-corrected chi connectivity index (χ0v) is 17.1. The molecule has 3 rings (SSSR count). The van der Waals surface area contributed by atoms with Gasteiger partial charge >= 0.3 is 0 Å². The second-order valence-corrected chi connectivity index (χ2v) is 8.60. The van der Waals surface area contributed by atoms with E-state index >= 15 is 0 Å². The molecule has 0 heterocycles. The van der Waals surface area contributed by atoms with Gasteiger partial charge in [-0.05, 0) is 67.1 Å². The zero-order chi connectivity index (χ0) is 20.3. The SMILES string of the molecule is Cc1ccc(Cl)c(NC(=O)c2cccc(S(=O)(=O)Nc3ccc(Cl)cc3)c2)c1. The van der Waals surface area contributed by atoms with Crippen LogP contribution in [0.5, 0.6) is 0 Å². The number of sulfonamides is 1. The number of hydrogen-bond acceptors (Lipinski definition) is 3. The summed E-state index contributed by atoms with van der Waals surface area (Å²) < 4.78 is 27.7. The van der Waals surface area contributed by atoms with E-state index in [-0.39, 0.29) is 10.5 Å². The fraction of sp³-hybridized carbons (Fsp3) is 0.0500. The van der Waals surface area contributed by atoms with Crippen molar-refractivity contribution in [3.63, 3.8) is 0 Å². The molecule has 0 radical (unpaired) electrons. The lowest BCUT2D eigenvalue weighted by Gasteiger charge is -2.11. The van der Waals surface area contributed by atoms with Gasteiger partial charge in [0, 0.05) is 16.3 Å². The molecule has 3 aromatic carbocycles. The van der Waals surface area contributed by atoms with Crippen LogP contribution in [0, 0.1) is 6.92 Å². The van der Waals surface area contributed by atoms with Crippen LogP contribution < -0.4 is 10.0 Å². The van der Waals surface area contributed by atoms with Crippen molar-refractivity contribution in [2.24, 2.45) is 0 Å². The highest BCUT2D eigenvalue weighted by Crippen LogP contribution is 2.24. The van der Waals surface area contributed by atoms with E-state index in [0.717, 1.165) is 5.56 Å². The Bertz CT molecular complexity index is 1130. The number of carbonyl (C=O) groups is 1. The van der Waals surface area contributed by atoms with Crippen molar-refractivity contribution in [3.05, 3.63) is 87.9 Å². The smallest absolute Gasteiger partial charge is 0.261 e. The summed E-state index contributed by atoms with van der Waals surface area (Å²) in [6, 6.07) is 17.3. The predicted molar refractivity (Wildman–Crippen MR) is 113 cm³/mol. The van der Waals surface area contributed by atoms with Crippen LogP contribution >= 0.6 is 23.2 Å². The summed E-state index contributed by atoms with van der Waals surface area (Å²) in [6.45, 7) is 1.88. The second-order valence-electron chi connectivity index (χ2n) is 6.08. The zero-order valence-electron chi connectivity index (χ0n) is 14.7. The van der Waals surface area contributed by atoms with Gasteiger partial charge < -0.3 is 5.32 Å². The molecule has 0 aliphatic carbocycles. The minimum atomic E-state index is -3.87. The normalized spacial score (nSPS) is 11.1. The number of amides is 1. The molecule has 5 nitrogen and oxygen atoms in total. The molecule has 8 heteroatoms. The first-order valence-corrected chi connectivity index (χ1v) is 10.4. The molecule has 0 aliphatic heterocycles. The number of carbonyl (C=O) groups excluding carboxylic acids is 1. The number of halogens is 2. The Morgan fingerprint density at radius 2 is 1.64 bits per heavy atom. The maximum absolute atomic E-state index is 12.6. The summed E-state index contributed by atoms with van der Waals surface area (Å²) in [5.74, 6) is -0.462. The van der Waals surface area contributed by atoms with E-state index in [9.17, 15) is 13.2 Å². The summed E-state index contributed by atoms with van der Waals surface area (Å²) in [6.07, 6.45) is 0. The fourth-order valence-corrected chi connectivity index (χ4v) is 3.86. The molecule has 0 aromatic heterocycles. The molecular weight excluding hydrogens is 419 g/mol. The van der Waals surface area contributed by atoms with Gasteiger partial charge in [0.05, 0.1) is 15.6 Å². The molecular formula is C20H16Cl2N2O3S. The van der Waals surface area contributed by atoms with E-state index < -0.39 is 15.9 Å². The average Bonchev–Trinajstić information content (AvgIpc) is 2.66. The summed E-state index contributed by atoms with van der Waals surface area (Å²) in [5.41, 5.74) is 1.95. The van der Waals surface area contributed by atoms with Gasteiger partial charge in [-0.3, -0.25) is 9.52 Å². The summed E-state index contributed by atoms with van der Waals surface area (Å²) in [7, 11) is -3.87. The van der Waals surface area contributed by atoms with Gasteiger partial charge in [0.1, 0.15) is 0 Å². The average molecular weight is 435 g/mol. The van der Waals surface area contributed by atoms with Gasteiger partial charge in [-0.25, -0.2) is 8.42 Å². The van der Waals surface area contributed by atoms with Gasteiger partial charge in [0.25, 0.3) is 15.9 Å². The molecule has 28 heavy (non-hydrogen) atoms. The van der Waals surface area contributed by atoms with Crippen LogP contribution in [0.2, 0.25) is 10.0 Å². The van der Waals surface area contributed by atoms with Gasteiger partial charge in [0.2, 0.25) is 0 Å². The maximum atomic E-state index is 12.6. The molecule has 3 aromatic rings. The number of aryl methyl sites for hydroxylation is 1. The number of rotatable bonds is 5. The van der Waals surface area contributed by atoms with E-state index in [1.807, 2.05) is 13.0 Å². The minimum absolute atomic E-state index is 0.0366. The second kappa shape index (κ2) is 8.22. The summed E-state index contributed by atoms with van der Waals surface area (Å²) >= 11 is 11.9. The third kappa shape index (κ3) is 4.84. The molecule has 0 saturated carbocycles. The van der Waals surface area contributed by atoms with E-state index in [4.69, 9.17) is 23.2 Å². The molecule has 2 N–H and O–H groups in total. The fourth-order valence-electron chi connectivity index (χ4n) is 2.47. The summed E-state index contributed by atoms with van der Waals surface area (Å²) in [5, 5.41) is 3.59. The minimum Gasteiger partial charge on any atom is -0.321 e. The number of benzene rings is 3. The van der Waals surface area contributed by atoms with Crippen molar-refractivity contribution in [3.8, 4) is 0 Å². The Kier molecular flexibility index (Phi) is 5.93. The molecule has 144 valence electrons. The summed E-state index contributed by atoms with van der Waals surface area (Å²) in [4.78, 5) is 12.5. The van der Waals surface area contributed by atoms with E-state index in [1.54, 1.807) is 36.4 Å². The molecule has 0 unspecified atom stereocenters. The van der Waals surface area contributed by atoms with Crippen LogP contribution in [-0.4, -0.2) is 14.3 Å². The molecule has 1 amide bonds. The van der Waals surface area contributed by atoms with Gasteiger partial charge in [-0.2, -0.15) is 0 Å². The van der Waals surface area contributed by atoms with Gasteiger partial charge in [-0.15, -0.1) is 0 Å². The first-order valence-electron chi connectivity index (χ1n) is 8.20. The molecule has 0 fully saturated rings. The van der Waals surface area contributed by atoms with Crippen LogP contribution in [0.4, 0.5) is 11.4 Å².